The number of hydrogen-bond donors (Lipinski definition) is 1. The van der Waals surface area contributed by atoms with Gasteiger partial charge in [0, 0.05) is 29.9 Å². The van der Waals surface area contributed by atoms with Crippen LogP contribution in [0.25, 0.3) is 0 Å². The largest absolute Gasteiger partial charge is 0.304 e. The maximum absolute atomic E-state index is 6.05. The molecule has 3 nitrogen and oxygen atoms in total. The molecule has 1 aliphatic carbocycles. The van der Waals surface area contributed by atoms with Crippen LogP contribution in [0.2, 0.25) is 4.34 Å². The molecule has 1 atom stereocenters. The fourth-order valence-electron chi connectivity index (χ4n) is 2.28. The van der Waals surface area contributed by atoms with Crippen molar-refractivity contribution in [2.24, 2.45) is 0 Å². The molecule has 94 valence electrons. The quantitative estimate of drug-likeness (QED) is 0.937. The standard InChI is InChI=1S/C13H14ClN3S/c1-8-5-16-9(6-15-8)7-17-11-2-3-12-10(11)4-13(14)18-12/h4-6,11,17H,2-3,7H2,1H3. The molecular formula is C13H14ClN3S. The highest BCUT2D eigenvalue weighted by atomic mass is 35.5. The zero-order chi connectivity index (χ0) is 12.5. The van der Waals surface area contributed by atoms with E-state index in [0.717, 1.165) is 35.1 Å². The minimum Gasteiger partial charge on any atom is -0.304 e. The van der Waals surface area contributed by atoms with E-state index in [1.54, 1.807) is 17.5 Å². The van der Waals surface area contributed by atoms with Crippen LogP contribution >= 0.6 is 22.9 Å². The Hall–Kier alpha value is -0.970. The molecule has 1 unspecified atom stereocenters. The Kier molecular flexibility index (Phi) is 3.33. The van der Waals surface area contributed by atoms with Crippen LogP contribution < -0.4 is 5.32 Å². The summed E-state index contributed by atoms with van der Waals surface area (Å²) >= 11 is 7.75. The summed E-state index contributed by atoms with van der Waals surface area (Å²) < 4.78 is 0.890. The highest BCUT2D eigenvalue weighted by molar-refractivity contribution is 7.16. The van der Waals surface area contributed by atoms with E-state index in [0.29, 0.717) is 6.04 Å². The SMILES string of the molecule is Cc1cnc(CNC2CCc3sc(Cl)cc32)cn1. The molecule has 1 N–H and O–H groups in total. The fourth-order valence-corrected chi connectivity index (χ4v) is 3.64. The van der Waals surface area contributed by atoms with E-state index in [1.807, 2.05) is 13.1 Å². The Morgan fingerprint density at radius 1 is 1.44 bits per heavy atom. The Morgan fingerprint density at radius 3 is 3.11 bits per heavy atom. The molecular weight excluding hydrogens is 266 g/mol. The van der Waals surface area contributed by atoms with Gasteiger partial charge in [0.05, 0.1) is 15.7 Å². The number of thiophene rings is 1. The highest BCUT2D eigenvalue weighted by Gasteiger charge is 2.24. The Balaban J connectivity index is 1.66. The van der Waals surface area contributed by atoms with Crippen molar-refractivity contribution >= 4 is 22.9 Å². The van der Waals surface area contributed by atoms with Crippen LogP contribution in [-0.4, -0.2) is 9.97 Å². The van der Waals surface area contributed by atoms with Crippen molar-refractivity contribution in [1.82, 2.24) is 15.3 Å². The summed E-state index contributed by atoms with van der Waals surface area (Å²) in [5.74, 6) is 0. The first-order chi connectivity index (χ1) is 8.72. The second-order valence-corrected chi connectivity index (χ2v) is 6.32. The van der Waals surface area contributed by atoms with Crippen LogP contribution in [0, 0.1) is 6.92 Å². The number of nitrogens with zero attached hydrogens (tertiary/aromatic N) is 2. The minimum absolute atomic E-state index is 0.409. The van der Waals surface area contributed by atoms with Gasteiger partial charge in [-0.1, -0.05) is 11.6 Å². The first-order valence-corrected chi connectivity index (χ1v) is 7.21. The van der Waals surface area contributed by atoms with Crippen LogP contribution in [0.5, 0.6) is 0 Å². The normalized spacial score (nSPS) is 18.0. The van der Waals surface area contributed by atoms with Crippen LogP contribution in [0.3, 0.4) is 0 Å². The van der Waals surface area contributed by atoms with Gasteiger partial charge in [0.2, 0.25) is 0 Å². The lowest BCUT2D eigenvalue weighted by Gasteiger charge is -2.12. The van der Waals surface area contributed by atoms with Crippen LogP contribution in [0.15, 0.2) is 18.5 Å². The predicted molar refractivity (Wildman–Crippen MR) is 74.0 cm³/mol. The third kappa shape index (κ3) is 2.41. The van der Waals surface area contributed by atoms with Gasteiger partial charge in [-0.05, 0) is 31.4 Å². The molecule has 0 bridgehead atoms. The lowest BCUT2D eigenvalue weighted by molar-refractivity contribution is 0.524. The molecule has 0 fully saturated rings. The number of hydrogen-bond acceptors (Lipinski definition) is 4. The monoisotopic (exact) mass is 279 g/mol. The molecule has 0 aromatic carbocycles. The minimum atomic E-state index is 0.409. The molecule has 3 rings (SSSR count). The van der Waals surface area contributed by atoms with Crippen molar-refractivity contribution in [2.45, 2.75) is 32.4 Å². The summed E-state index contributed by atoms with van der Waals surface area (Å²) in [4.78, 5) is 10.0. The van der Waals surface area contributed by atoms with Gasteiger partial charge in [-0.3, -0.25) is 9.97 Å². The zero-order valence-electron chi connectivity index (χ0n) is 10.1. The smallest absolute Gasteiger partial charge is 0.0934 e. The molecule has 1 aliphatic rings. The average molecular weight is 280 g/mol. The van der Waals surface area contributed by atoms with E-state index >= 15 is 0 Å². The molecule has 2 heterocycles. The fraction of sp³-hybridized carbons (Fsp3) is 0.385. The van der Waals surface area contributed by atoms with E-state index in [1.165, 1.54) is 10.4 Å². The third-order valence-electron chi connectivity index (χ3n) is 3.21. The van der Waals surface area contributed by atoms with E-state index in [-0.39, 0.29) is 0 Å². The van der Waals surface area contributed by atoms with Gasteiger partial charge in [-0.15, -0.1) is 11.3 Å². The van der Waals surface area contributed by atoms with Crippen molar-refractivity contribution in [1.29, 1.82) is 0 Å². The molecule has 0 saturated carbocycles. The molecule has 18 heavy (non-hydrogen) atoms. The van der Waals surface area contributed by atoms with Gasteiger partial charge in [0.1, 0.15) is 0 Å². The number of halogens is 1. The third-order valence-corrected chi connectivity index (χ3v) is 4.55. The summed E-state index contributed by atoms with van der Waals surface area (Å²) in [6, 6.07) is 2.50. The van der Waals surface area contributed by atoms with Crippen molar-refractivity contribution in [3.63, 3.8) is 0 Å². The molecule has 2 aromatic rings. The average Bonchev–Trinajstić information content (AvgIpc) is 2.88. The molecule has 0 aliphatic heterocycles. The maximum Gasteiger partial charge on any atom is 0.0934 e. The van der Waals surface area contributed by atoms with Crippen molar-refractivity contribution < 1.29 is 0 Å². The number of rotatable bonds is 3. The van der Waals surface area contributed by atoms with Gasteiger partial charge in [-0.2, -0.15) is 0 Å². The van der Waals surface area contributed by atoms with Crippen molar-refractivity contribution in [3.05, 3.63) is 44.6 Å². The van der Waals surface area contributed by atoms with Crippen molar-refractivity contribution in [3.8, 4) is 0 Å². The van der Waals surface area contributed by atoms with Crippen LogP contribution in [0.4, 0.5) is 0 Å². The van der Waals surface area contributed by atoms with E-state index in [9.17, 15) is 0 Å². The lowest BCUT2D eigenvalue weighted by Crippen LogP contribution is -2.19. The van der Waals surface area contributed by atoms with Crippen LogP contribution in [-0.2, 0) is 13.0 Å². The number of aromatic nitrogens is 2. The van der Waals surface area contributed by atoms with E-state index < -0.39 is 0 Å². The highest BCUT2D eigenvalue weighted by Crippen LogP contribution is 2.39. The topological polar surface area (TPSA) is 37.8 Å². The first kappa shape index (κ1) is 12.1. The van der Waals surface area contributed by atoms with Crippen LogP contribution in [0.1, 0.15) is 34.3 Å². The van der Waals surface area contributed by atoms with E-state index in [4.69, 9.17) is 11.6 Å². The maximum atomic E-state index is 6.05. The Bertz CT molecular complexity index is 550. The summed E-state index contributed by atoms with van der Waals surface area (Å²) in [6.45, 7) is 2.70. The zero-order valence-corrected chi connectivity index (χ0v) is 11.7. The second kappa shape index (κ2) is 4.96. The van der Waals surface area contributed by atoms with E-state index in [2.05, 4.69) is 21.4 Å². The number of nitrogens with one attached hydrogen (secondary N) is 1. The molecule has 0 spiro atoms. The summed E-state index contributed by atoms with van der Waals surface area (Å²) in [6.07, 6.45) is 5.92. The van der Waals surface area contributed by atoms with Crippen molar-refractivity contribution in [2.75, 3.05) is 0 Å². The summed E-state index contributed by atoms with van der Waals surface area (Å²) in [7, 11) is 0. The van der Waals surface area contributed by atoms with Gasteiger partial charge >= 0.3 is 0 Å². The Morgan fingerprint density at radius 2 is 2.33 bits per heavy atom. The molecule has 0 saturated heterocycles. The first-order valence-electron chi connectivity index (χ1n) is 6.01. The summed E-state index contributed by atoms with van der Waals surface area (Å²) in [5.41, 5.74) is 3.30. The molecule has 0 amide bonds. The second-order valence-electron chi connectivity index (χ2n) is 4.55. The summed E-state index contributed by atoms with van der Waals surface area (Å²) in [5, 5.41) is 3.53. The lowest BCUT2D eigenvalue weighted by atomic mass is 10.2. The van der Waals surface area contributed by atoms with Gasteiger partial charge in [-0.25, -0.2) is 0 Å². The molecule has 5 heteroatoms. The number of aryl methyl sites for hydroxylation is 2. The number of fused-ring (bicyclic) bond motifs is 1. The predicted octanol–water partition coefficient (Wildman–Crippen LogP) is 3.28. The van der Waals surface area contributed by atoms with Gasteiger partial charge < -0.3 is 5.32 Å². The van der Waals surface area contributed by atoms with Gasteiger partial charge in [0.15, 0.2) is 0 Å². The molecule has 2 aromatic heterocycles. The molecule has 0 radical (unpaired) electrons. The van der Waals surface area contributed by atoms with Gasteiger partial charge in [0.25, 0.3) is 0 Å². The Labute approximate surface area is 115 Å².